The Hall–Kier alpha value is -1.32. The predicted molar refractivity (Wildman–Crippen MR) is 51.2 cm³/mol. The number of nitrogens with zero attached hydrogens (tertiary/aromatic N) is 1. The zero-order chi connectivity index (χ0) is 10.9. The Labute approximate surface area is 82.9 Å². The van der Waals surface area contributed by atoms with Crippen LogP contribution in [0.1, 0.15) is 36.8 Å². The van der Waals surface area contributed by atoms with Crippen LogP contribution in [-0.4, -0.2) is 16.2 Å². The van der Waals surface area contributed by atoms with Gasteiger partial charge in [-0.3, -0.25) is 4.79 Å². The SMILES string of the molecule is Cc1noc(C(C)C(C)C(=O)O)c1C. The van der Waals surface area contributed by atoms with E-state index >= 15 is 0 Å². The van der Waals surface area contributed by atoms with Crippen molar-refractivity contribution in [3.63, 3.8) is 0 Å². The van der Waals surface area contributed by atoms with Gasteiger partial charge in [-0.25, -0.2) is 0 Å². The van der Waals surface area contributed by atoms with Crippen molar-refractivity contribution in [2.45, 2.75) is 33.6 Å². The lowest BCUT2D eigenvalue weighted by atomic mass is 9.91. The average molecular weight is 197 g/mol. The largest absolute Gasteiger partial charge is 0.481 e. The van der Waals surface area contributed by atoms with E-state index in [1.54, 1.807) is 6.92 Å². The van der Waals surface area contributed by atoms with Gasteiger partial charge in [0.1, 0.15) is 5.76 Å². The molecular weight excluding hydrogens is 182 g/mol. The Kier molecular flexibility index (Phi) is 2.93. The number of aliphatic carboxylic acids is 1. The molecule has 0 saturated carbocycles. The number of carbonyl (C=O) groups is 1. The molecule has 0 saturated heterocycles. The third-order valence-electron chi connectivity index (χ3n) is 2.75. The number of carboxylic acids is 1. The van der Waals surface area contributed by atoms with Gasteiger partial charge in [-0.05, 0) is 13.8 Å². The molecule has 0 aliphatic rings. The molecule has 0 radical (unpaired) electrons. The molecule has 1 N–H and O–H groups in total. The number of hydrogen-bond donors (Lipinski definition) is 1. The van der Waals surface area contributed by atoms with Crippen molar-refractivity contribution < 1.29 is 14.4 Å². The topological polar surface area (TPSA) is 63.3 Å². The molecular formula is C10H15NO3. The van der Waals surface area contributed by atoms with E-state index in [2.05, 4.69) is 5.16 Å². The normalized spacial score (nSPS) is 15.1. The summed E-state index contributed by atoms with van der Waals surface area (Å²) in [5.41, 5.74) is 1.77. The molecule has 4 heteroatoms. The van der Waals surface area contributed by atoms with E-state index in [4.69, 9.17) is 9.63 Å². The minimum atomic E-state index is -0.814. The monoisotopic (exact) mass is 197 g/mol. The van der Waals surface area contributed by atoms with Crippen LogP contribution in [-0.2, 0) is 4.79 Å². The molecule has 0 fully saturated rings. The predicted octanol–water partition coefficient (Wildman–Crippen LogP) is 2.12. The van der Waals surface area contributed by atoms with E-state index in [-0.39, 0.29) is 5.92 Å². The van der Waals surface area contributed by atoms with Crippen molar-refractivity contribution in [1.82, 2.24) is 5.16 Å². The van der Waals surface area contributed by atoms with Gasteiger partial charge in [0.25, 0.3) is 0 Å². The minimum Gasteiger partial charge on any atom is -0.481 e. The fourth-order valence-corrected chi connectivity index (χ4v) is 1.30. The van der Waals surface area contributed by atoms with Gasteiger partial charge in [0, 0.05) is 11.5 Å². The standard InChI is InChI=1S/C10H15NO3/c1-5(6(2)10(12)13)9-7(3)8(4)11-14-9/h5-6H,1-4H3,(H,12,13). The first-order valence-corrected chi connectivity index (χ1v) is 4.60. The Bertz CT molecular complexity index is 343. The van der Waals surface area contributed by atoms with Crippen LogP contribution in [0, 0.1) is 19.8 Å². The van der Waals surface area contributed by atoms with Gasteiger partial charge in [0.05, 0.1) is 11.6 Å². The second kappa shape index (κ2) is 3.82. The minimum absolute atomic E-state index is 0.145. The molecule has 0 aliphatic carbocycles. The van der Waals surface area contributed by atoms with Crippen LogP contribution in [0.2, 0.25) is 0 Å². The Morgan fingerprint density at radius 1 is 1.43 bits per heavy atom. The molecule has 78 valence electrons. The lowest BCUT2D eigenvalue weighted by Gasteiger charge is -2.13. The molecule has 0 spiro atoms. The molecule has 2 atom stereocenters. The highest BCUT2D eigenvalue weighted by atomic mass is 16.5. The first-order chi connectivity index (χ1) is 6.45. The summed E-state index contributed by atoms with van der Waals surface area (Å²) in [6.07, 6.45) is 0. The molecule has 1 aromatic rings. The Balaban J connectivity index is 2.94. The summed E-state index contributed by atoms with van der Waals surface area (Å²) in [4.78, 5) is 10.8. The molecule has 0 amide bonds. The van der Waals surface area contributed by atoms with Crippen LogP contribution in [0.3, 0.4) is 0 Å². The van der Waals surface area contributed by atoms with E-state index in [9.17, 15) is 4.79 Å². The van der Waals surface area contributed by atoms with Crippen molar-refractivity contribution in [2.75, 3.05) is 0 Å². The molecule has 0 bridgehead atoms. The maximum Gasteiger partial charge on any atom is 0.306 e. The first-order valence-electron chi connectivity index (χ1n) is 4.60. The average Bonchev–Trinajstić information content (AvgIpc) is 2.45. The smallest absolute Gasteiger partial charge is 0.306 e. The molecule has 1 rings (SSSR count). The highest BCUT2D eigenvalue weighted by molar-refractivity contribution is 5.70. The van der Waals surface area contributed by atoms with Gasteiger partial charge in [0.2, 0.25) is 0 Å². The molecule has 0 aromatic carbocycles. The highest BCUT2D eigenvalue weighted by Gasteiger charge is 2.26. The van der Waals surface area contributed by atoms with E-state index in [1.807, 2.05) is 20.8 Å². The highest BCUT2D eigenvalue weighted by Crippen LogP contribution is 2.28. The van der Waals surface area contributed by atoms with Gasteiger partial charge in [0.15, 0.2) is 0 Å². The number of rotatable bonds is 3. The van der Waals surface area contributed by atoms with Crippen molar-refractivity contribution in [3.05, 3.63) is 17.0 Å². The quantitative estimate of drug-likeness (QED) is 0.806. The fraction of sp³-hybridized carbons (Fsp3) is 0.600. The molecule has 1 aromatic heterocycles. The summed E-state index contributed by atoms with van der Waals surface area (Å²) in [6.45, 7) is 7.25. The Morgan fingerprint density at radius 2 is 2.00 bits per heavy atom. The number of carboxylic acid groups (broad SMARTS) is 1. The van der Waals surface area contributed by atoms with Gasteiger partial charge in [-0.1, -0.05) is 19.0 Å². The van der Waals surface area contributed by atoms with Crippen LogP contribution in [0.15, 0.2) is 4.52 Å². The van der Waals surface area contributed by atoms with E-state index in [1.165, 1.54) is 0 Å². The van der Waals surface area contributed by atoms with Crippen molar-refractivity contribution >= 4 is 5.97 Å². The maximum absolute atomic E-state index is 10.8. The molecule has 2 unspecified atom stereocenters. The third kappa shape index (κ3) is 1.78. The van der Waals surface area contributed by atoms with Crippen LogP contribution in [0.4, 0.5) is 0 Å². The second-order valence-electron chi connectivity index (χ2n) is 3.67. The molecule has 4 nitrogen and oxygen atoms in total. The van der Waals surface area contributed by atoms with Crippen molar-refractivity contribution in [3.8, 4) is 0 Å². The fourth-order valence-electron chi connectivity index (χ4n) is 1.30. The molecule has 14 heavy (non-hydrogen) atoms. The number of aromatic nitrogens is 1. The van der Waals surface area contributed by atoms with Crippen LogP contribution >= 0.6 is 0 Å². The van der Waals surface area contributed by atoms with Gasteiger partial charge in [-0.15, -0.1) is 0 Å². The third-order valence-corrected chi connectivity index (χ3v) is 2.75. The summed E-state index contributed by atoms with van der Waals surface area (Å²) in [5.74, 6) is -0.738. The van der Waals surface area contributed by atoms with Crippen LogP contribution in [0.5, 0.6) is 0 Å². The van der Waals surface area contributed by atoms with Gasteiger partial charge in [-0.2, -0.15) is 0 Å². The Morgan fingerprint density at radius 3 is 2.36 bits per heavy atom. The van der Waals surface area contributed by atoms with E-state index in [0.717, 1.165) is 11.3 Å². The summed E-state index contributed by atoms with van der Waals surface area (Å²) in [7, 11) is 0. The number of aryl methyl sites for hydroxylation is 1. The molecule has 0 aliphatic heterocycles. The zero-order valence-electron chi connectivity index (χ0n) is 8.87. The summed E-state index contributed by atoms with van der Waals surface area (Å²) < 4.78 is 5.11. The van der Waals surface area contributed by atoms with Crippen LogP contribution in [0.25, 0.3) is 0 Å². The number of hydrogen-bond acceptors (Lipinski definition) is 3. The summed E-state index contributed by atoms with van der Waals surface area (Å²) >= 11 is 0. The van der Waals surface area contributed by atoms with Crippen molar-refractivity contribution in [1.29, 1.82) is 0 Å². The second-order valence-corrected chi connectivity index (χ2v) is 3.67. The van der Waals surface area contributed by atoms with E-state index in [0.29, 0.717) is 5.76 Å². The first kappa shape index (κ1) is 10.8. The lowest BCUT2D eigenvalue weighted by molar-refractivity contribution is -0.141. The van der Waals surface area contributed by atoms with E-state index < -0.39 is 11.9 Å². The maximum atomic E-state index is 10.8. The zero-order valence-corrected chi connectivity index (χ0v) is 8.87. The molecule has 1 heterocycles. The lowest BCUT2D eigenvalue weighted by Crippen LogP contribution is -2.16. The summed E-state index contributed by atoms with van der Waals surface area (Å²) in [5, 5.41) is 12.7. The van der Waals surface area contributed by atoms with Crippen molar-refractivity contribution in [2.24, 2.45) is 5.92 Å². The summed E-state index contributed by atoms with van der Waals surface area (Å²) in [6, 6.07) is 0. The van der Waals surface area contributed by atoms with Gasteiger partial charge >= 0.3 is 5.97 Å². The van der Waals surface area contributed by atoms with Crippen LogP contribution < -0.4 is 0 Å². The van der Waals surface area contributed by atoms with Gasteiger partial charge < -0.3 is 9.63 Å².